The Morgan fingerprint density at radius 3 is 2.33 bits per heavy atom. The van der Waals surface area contributed by atoms with Crippen LogP contribution in [0.25, 0.3) is 0 Å². The quantitative estimate of drug-likeness (QED) is 0.723. The molecule has 1 atom stereocenters. The second kappa shape index (κ2) is 7.42. The number of benzene rings is 1. The maximum Gasteiger partial charge on any atom is 0.411 e. The number of rotatable bonds is 8. The molecule has 0 spiro atoms. The molecular formula is C14H18F3NO3. The van der Waals surface area contributed by atoms with Gasteiger partial charge in [0.2, 0.25) is 0 Å². The highest BCUT2D eigenvalue weighted by Crippen LogP contribution is 2.29. The van der Waals surface area contributed by atoms with Crippen molar-refractivity contribution in [1.29, 1.82) is 0 Å². The van der Waals surface area contributed by atoms with Gasteiger partial charge in [-0.3, -0.25) is 4.79 Å². The molecule has 0 radical (unpaired) electrons. The van der Waals surface area contributed by atoms with Crippen molar-refractivity contribution in [2.45, 2.75) is 24.4 Å². The summed E-state index contributed by atoms with van der Waals surface area (Å²) >= 11 is 0. The average Bonchev–Trinajstić information content (AvgIpc) is 2.42. The minimum atomic E-state index is -4.38. The summed E-state index contributed by atoms with van der Waals surface area (Å²) in [6, 6.07) is 8.44. The van der Waals surface area contributed by atoms with E-state index in [4.69, 9.17) is 5.73 Å². The summed E-state index contributed by atoms with van der Waals surface area (Å²) in [5.74, 6) is -1.09. The summed E-state index contributed by atoms with van der Waals surface area (Å²) in [7, 11) is 0. The van der Waals surface area contributed by atoms with Crippen LogP contribution in [0.2, 0.25) is 0 Å². The molecule has 0 aliphatic carbocycles. The van der Waals surface area contributed by atoms with Gasteiger partial charge in [0, 0.05) is 13.2 Å². The van der Waals surface area contributed by atoms with Crippen molar-refractivity contribution in [3.63, 3.8) is 0 Å². The lowest BCUT2D eigenvalue weighted by Crippen LogP contribution is -2.43. The monoisotopic (exact) mass is 305 g/mol. The minimum absolute atomic E-state index is 0.112. The molecule has 21 heavy (non-hydrogen) atoms. The van der Waals surface area contributed by atoms with E-state index in [0.29, 0.717) is 5.56 Å². The molecule has 0 fully saturated rings. The van der Waals surface area contributed by atoms with E-state index < -0.39 is 24.2 Å². The number of hydrogen-bond acceptors (Lipinski definition) is 3. The van der Waals surface area contributed by atoms with Crippen molar-refractivity contribution in [1.82, 2.24) is 0 Å². The normalized spacial score (nSPS) is 14.7. The number of carbonyl (C=O) groups is 1. The maximum absolute atomic E-state index is 11.9. The third-order valence-electron chi connectivity index (χ3n) is 3.24. The maximum atomic E-state index is 11.9. The zero-order valence-corrected chi connectivity index (χ0v) is 11.4. The Bertz CT molecular complexity index is 451. The van der Waals surface area contributed by atoms with Crippen molar-refractivity contribution >= 4 is 5.97 Å². The van der Waals surface area contributed by atoms with Crippen LogP contribution in [-0.4, -0.2) is 37.0 Å². The molecule has 0 heterocycles. The van der Waals surface area contributed by atoms with Crippen molar-refractivity contribution in [3.05, 3.63) is 35.9 Å². The highest BCUT2D eigenvalue weighted by molar-refractivity contribution is 5.81. The third kappa shape index (κ3) is 5.02. The van der Waals surface area contributed by atoms with Gasteiger partial charge in [0.05, 0.1) is 0 Å². The number of hydrogen-bond donors (Lipinski definition) is 2. The Labute approximate surface area is 120 Å². The second-order valence-corrected chi connectivity index (χ2v) is 4.73. The fraction of sp³-hybridized carbons (Fsp3) is 0.500. The summed E-state index contributed by atoms with van der Waals surface area (Å²) < 4.78 is 40.3. The molecule has 1 unspecified atom stereocenters. The second-order valence-electron chi connectivity index (χ2n) is 4.73. The molecule has 0 amide bonds. The number of carboxylic acid groups (broad SMARTS) is 1. The number of carboxylic acids is 1. The topological polar surface area (TPSA) is 72.5 Å². The van der Waals surface area contributed by atoms with Gasteiger partial charge in [0.1, 0.15) is 12.0 Å². The Balaban J connectivity index is 2.66. The van der Waals surface area contributed by atoms with Crippen LogP contribution in [0.15, 0.2) is 30.3 Å². The van der Waals surface area contributed by atoms with E-state index in [1.165, 1.54) is 0 Å². The molecule has 118 valence electrons. The van der Waals surface area contributed by atoms with Crippen molar-refractivity contribution < 1.29 is 27.8 Å². The van der Waals surface area contributed by atoms with Gasteiger partial charge in [-0.15, -0.1) is 0 Å². The van der Waals surface area contributed by atoms with Crippen LogP contribution in [0, 0.1) is 0 Å². The molecule has 1 aromatic carbocycles. The smallest absolute Gasteiger partial charge is 0.411 e. The molecule has 0 saturated heterocycles. The van der Waals surface area contributed by atoms with E-state index in [-0.39, 0.29) is 26.0 Å². The van der Waals surface area contributed by atoms with Gasteiger partial charge in [-0.1, -0.05) is 30.3 Å². The van der Waals surface area contributed by atoms with E-state index in [1.807, 2.05) is 0 Å². The van der Waals surface area contributed by atoms with Gasteiger partial charge < -0.3 is 15.6 Å². The van der Waals surface area contributed by atoms with Crippen LogP contribution in [0.3, 0.4) is 0 Å². The summed E-state index contributed by atoms with van der Waals surface area (Å²) in [5, 5.41) is 9.46. The van der Waals surface area contributed by atoms with Crippen molar-refractivity contribution in [2.75, 3.05) is 19.8 Å². The zero-order chi connectivity index (χ0) is 15.9. The molecule has 0 aliphatic heterocycles. The molecule has 0 saturated carbocycles. The molecule has 0 aliphatic rings. The fourth-order valence-electron chi connectivity index (χ4n) is 2.10. The van der Waals surface area contributed by atoms with E-state index in [9.17, 15) is 23.1 Å². The van der Waals surface area contributed by atoms with Gasteiger partial charge in [0.25, 0.3) is 0 Å². The van der Waals surface area contributed by atoms with Crippen LogP contribution >= 0.6 is 0 Å². The predicted molar refractivity (Wildman–Crippen MR) is 70.9 cm³/mol. The highest BCUT2D eigenvalue weighted by Gasteiger charge is 2.38. The summed E-state index contributed by atoms with van der Waals surface area (Å²) in [6.45, 7) is -1.63. The van der Waals surface area contributed by atoms with Crippen molar-refractivity contribution in [2.24, 2.45) is 5.73 Å². The number of ether oxygens (including phenoxy) is 1. The van der Waals surface area contributed by atoms with Crippen LogP contribution in [0.5, 0.6) is 0 Å². The van der Waals surface area contributed by atoms with Crippen LogP contribution in [0.1, 0.15) is 18.4 Å². The van der Waals surface area contributed by atoms with Gasteiger partial charge in [-0.05, 0) is 18.4 Å². The number of aliphatic carboxylic acids is 1. The Morgan fingerprint density at radius 2 is 1.86 bits per heavy atom. The molecule has 4 nitrogen and oxygen atoms in total. The van der Waals surface area contributed by atoms with E-state index in [1.54, 1.807) is 30.3 Å². The van der Waals surface area contributed by atoms with Crippen molar-refractivity contribution in [3.8, 4) is 0 Å². The first kappa shape index (κ1) is 17.5. The van der Waals surface area contributed by atoms with E-state index in [0.717, 1.165) is 0 Å². The Morgan fingerprint density at radius 1 is 1.24 bits per heavy atom. The average molecular weight is 305 g/mol. The third-order valence-corrected chi connectivity index (χ3v) is 3.24. The lowest BCUT2D eigenvalue weighted by molar-refractivity contribution is -0.174. The predicted octanol–water partition coefficient (Wildman–Crippen LogP) is 2.33. The molecule has 1 aromatic rings. The van der Waals surface area contributed by atoms with Gasteiger partial charge >= 0.3 is 12.1 Å². The largest absolute Gasteiger partial charge is 0.481 e. The number of halogens is 3. The summed E-state index contributed by atoms with van der Waals surface area (Å²) in [6.07, 6.45) is -4.09. The lowest BCUT2D eigenvalue weighted by atomic mass is 9.77. The van der Waals surface area contributed by atoms with Gasteiger partial charge in [-0.2, -0.15) is 13.2 Å². The molecule has 0 bridgehead atoms. The Kier molecular flexibility index (Phi) is 6.17. The van der Waals surface area contributed by atoms with Crippen LogP contribution in [0.4, 0.5) is 13.2 Å². The molecule has 7 heteroatoms. The SMILES string of the molecule is NCC(CCCOCC(F)(F)F)(C(=O)O)c1ccccc1. The number of alkyl halides is 3. The molecule has 3 N–H and O–H groups in total. The van der Waals surface area contributed by atoms with E-state index in [2.05, 4.69) is 4.74 Å². The van der Waals surface area contributed by atoms with Crippen LogP contribution in [-0.2, 0) is 14.9 Å². The summed E-state index contributed by atoms with van der Waals surface area (Å²) in [5.41, 5.74) is 4.86. The molecule has 0 aromatic heterocycles. The minimum Gasteiger partial charge on any atom is -0.481 e. The van der Waals surface area contributed by atoms with E-state index >= 15 is 0 Å². The molecular weight excluding hydrogens is 287 g/mol. The first-order valence-corrected chi connectivity index (χ1v) is 6.45. The van der Waals surface area contributed by atoms with Gasteiger partial charge in [-0.25, -0.2) is 0 Å². The lowest BCUT2D eigenvalue weighted by Gasteiger charge is -2.28. The summed E-state index contributed by atoms with van der Waals surface area (Å²) in [4.78, 5) is 11.6. The van der Waals surface area contributed by atoms with Gasteiger partial charge in [0.15, 0.2) is 0 Å². The fourth-order valence-corrected chi connectivity index (χ4v) is 2.10. The standard InChI is InChI=1S/C14H18F3NO3/c15-14(16,17)10-21-8-4-7-13(9-18,12(19)20)11-5-2-1-3-6-11/h1-3,5-6H,4,7-10,18H2,(H,19,20). The Hall–Kier alpha value is -1.60. The highest BCUT2D eigenvalue weighted by atomic mass is 19.4. The zero-order valence-electron chi connectivity index (χ0n) is 11.4. The molecule has 1 rings (SSSR count). The first-order valence-electron chi connectivity index (χ1n) is 6.45. The number of nitrogens with two attached hydrogens (primary N) is 1. The first-order chi connectivity index (χ1) is 9.82. The van der Waals surface area contributed by atoms with Crippen LogP contribution < -0.4 is 5.73 Å².